The van der Waals surface area contributed by atoms with Crippen molar-refractivity contribution in [3.63, 3.8) is 0 Å². The van der Waals surface area contributed by atoms with E-state index in [-0.39, 0.29) is 6.01 Å². The second-order valence-electron chi connectivity index (χ2n) is 4.28. The third kappa shape index (κ3) is 4.01. The van der Waals surface area contributed by atoms with E-state index >= 15 is 0 Å². The summed E-state index contributed by atoms with van der Waals surface area (Å²) in [5, 5.41) is 14.1. The summed E-state index contributed by atoms with van der Waals surface area (Å²) in [4.78, 5) is 12.6. The molecule has 9 heteroatoms. The van der Waals surface area contributed by atoms with Gasteiger partial charge in [-0.3, -0.25) is 0 Å². The topological polar surface area (TPSA) is 103 Å². The molecule has 0 bridgehead atoms. The van der Waals surface area contributed by atoms with Gasteiger partial charge in [-0.25, -0.2) is 0 Å². The molecule has 2 rings (SSSR count). The molecule has 2 aromatic rings. The summed E-state index contributed by atoms with van der Waals surface area (Å²) in [6.45, 7) is 6.19. The minimum absolute atomic E-state index is 0.267. The van der Waals surface area contributed by atoms with Gasteiger partial charge in [0.25, 0.3) is 0 Å². The first-order chi connectivity index (χ1) is 10.3. The zero-order valence-electron chi connectivity index (χ0n) is 12.5. The fourth-order valence-corrected chi connectivity index (χ4v) is 1.68. The molecule has 0 unspecified atom stereocenters. The normalized spacial score (nSPS) is 10.4. The van der Waals surface area contributed by atoms with Crippen molar-refractivity contribution < 1.29 is 4.74 Å². The van der Waals surface area contributed by atoms with Gasteiger partial charge in [0.15, 0.2) is 5.82 Å². The zero-order valence-corrected chi connectivity index (χ0v) is 12.5. The van der Waals surface area contributed by atoms with Gasteiger partial charge in [0.1, 0.15) is 6.33 Å². The van der Waals surface area contributed by atoms with E-state index in [9.17, 15) is 0 Å². The Morgan fingerprint density at radius 3 is 2.57 bits per heavy atom. The fourth-order valence-electron chi connectivity index (χ4n) is 1.68. The number of ether oxygens (including phenoxy) is 1. The third-order valence-electron chi connectivity index (χ3n) is 2.77. The van der Waals surface area contributed by atoms with Crippen LogP contribution in [0.2, 0.25) is 0 Å². The Bertz CT molecular complexity index is 570. The van der Waals surface area contributed by atoms with Gasteiger partial charge in [0.2, 0.25) is 11.9 Å². The summed E-state index contributed by atoms with van der Waals surface area (Å²) in [6, 6.07) is 0.267. The van der Waals surface area contributed by atoms with E-state index in [1.807, 2.05) is 11.5 Å². The van der Waals surface area contributed by atoms with Crippen LogP contribution in [0.15, 0.2) is 6.33 Å². The number of nitrogens with one attached hydrogen (secondary N) is 2. The summed E-state index contributed by atoms with van der Waals surface area (Å²) < 4.78 is 7.03. The van der Waals surface area contributed by atoms with E-state index in [1.165, 1.54) is 7.11 Å². The Labute approximate surface area is 123 Å². The van der Waals surface area contributed by atoms with Gasteiger partial charge in [-0.05, 0) is 13.3 Å². The quantitative estimate of drug-likeness (QED) is 0.740. The number of aryl methyl sites for hydroxylation is 1. The fraction of sp³-hybridized carbons (Fsp3) is 0.583. The lowest BCUT2D eigenvalue weighted by Crippen LogP contribution is -2.12. The van der Waals surface area contributed by atoms with Gasteiger partial charge < -0.3 is 19.9 Å². The van der Waals surface area contributed by atoms with E-state index in [2.05, 4.69) is 42.7 Å². The van der Waals surface area contributed by atoms with E-state index in [0.29, 0.717) is 18.4 Å². The molecule has 0 spiro atoms. The van der Waals surface area contributed by atoms with Gasteiger partial charge >= 0.3 is 6.01 Å². The van der Waals surface area contributed by atoms with Crippen molar-refractivity contribution in [3.05, 3.63) is 12.2 Å². The SMILES string of the molecule is CCCNc1nc(NCc2nncn2CC)nc(OC)n1. The molecule has 0 saturated carbocycles. The van der Waals surface area contributed by atoms with E-state index in [1.54, 1.807) is 6.33 Å². The monoisotopic (exact) mass is 292 g/mol. The number of nitrogens with zero attached hydrogens (tertiary/aromatic N) is 6. The second kappa shape index (κ2) is 7.36. The van der Waals surface area contributed by atoms with Crippen molar-refractivity contribution in [1.29, 1.82) is 0 Å². The smallest absolute Gasteiger partial charge is 0.322 e. The average molecular weight is 292 g/mol. The Balaban J connectivity index is 2.07. The number of rotatable bonds is 8. The van der Waals surface area contributed by atoms with E-state index < -0.39 is 0 Å². The summed E-state index contributed by atoms with van der Waals surface area (Å²) in [5.41, 5.74) is 0. The van der Waals surface area contributed by atoms with Crippen molar-refractivity contribution in [3.8, 4) is 6.01 Å². The van der Waals surface area contributed by atoms with Crippen molar-refractivity contribution in [2.75, 3.05) is 24.3 Å². The van der Waals surface area contributed by atoms with Gasteiger partial charge in [0.05, 0.1) is 13.7 Å². The maximum atomic E-state index is 5.08. The molecule has 0 aliphatic heterocycles. The summed E-state index contributed by atoms with van der Waals surface area (Å²) in [6.07, 6.45) is 2.68. The molecular formula is C12H20N8O. The van der Waals surface area contributed by atoms with Crippen molar-refractivity contribution >= 4 is 11.9 Å². The Morgan fingerprint density at radius 2 is 1.90 bits per heavy atom. The molecule has 0 aliphatic rings. The molecule has 9 nitrogen and oxygen atoms in total. The highest BCUT2D eigenvalue weighted by Crippen LogP contribution is 2.11. The lowest BCUT2D eigenvalue weighted by atomic mass is 10.5. The molecule has 0 aliphatic carbocycles. The largest absolute Gasteiger partial charge is 0.467 e. The maximum Gasteiger partial charge on any atom is 0.322 e. The van der Waals surface area contributed by atoms with Gasteiger partial charge in [-0.2, -0.15) is 15.0 Å². The predicted molar refractivity (Wildman–Crippen MR) is 78.2 cm³/mol. The van der Waals surface area contributed by atoms with E-state index in [0.717, 1.165) is 25.3 Å². The van der Waals surface area contributed by atoms with Gasteiger partial charge in [0, 0.05) is 13.1 Å². The van der Waals surface area contributed by atoms with Crippen LogP contribution < -0.4 is 15.4 Å². The first-order valence-electron chi connectivity index (χ1n) is 6.91. The summed E-state index contributed by atoms with van der Waals surface area (Å²) in [7, 11) is 1.52. The highest BCUT2D eigenvalue weighted by molar-refractivity contribution is 5.35. The molecule has 0 aromatic carbocycles. The molecule has 0 radical (unpaired) electrons. The first-order valence-corrected chi connectivity index (χ1v) is 6.91. The molecule has 2 aromatic heterocycles. The van der Waals surface area contributed by atoms with Crippen LogP contribution in [0.25, 0.3) is 0 Å². The number of methoxy groups -OCH3 is 1. The lowest BCUT2D eigenvalue weighted by Gasteiger charge is -2.09. The molecule has 2 N–H and O–H groups in total. The van der Waals surface area contributed by atoms with Crippen LogP contribution in [0.3, 0.4) is 0 Å². The van der Waals surface area contributed by atoms with Crippen molar-refractivity contribution in [2.24, 2.45) is 0 Å². The minimum atomic E-state index is 0.267. The lowest BCUT2D eigenvalue weighted by molar-refractivity contribution is 0.379. The number of hydrogen-bond donors (Lipinski definition) is 2. The van der Waals surface area contributed by atoms with Crippen molar-refractivity contribution in [1.82, 2.24) is 29.7 Å². The average Bonchev–Trinajstić information content (AvgIpc) is 2.98. The van der Waals surface area contributed by atoms with Crippen LogP contribution in [-0.2, 0) is 13.1 Å². The second-order valence-corrected chi connectivity index (χ2v) is 4.28. The molecule has 0 amide bonds. The number of hydrogen-bond acceptors (Lipinski definition) is 8. The summed E-state index contributed by atoms with van der Waals surface area (Å²) in [5.74, 6) is 1.74. The molecule has 0 fully saturated rings. The van der Waals surface area contributed by atoms with Crippen LogP contribution in [0.1, 0.15) is 26.1 Å². The van der Waals surface area contributed by atoms with Gasteiger partial charge in [-0.15, -0.1) is 10.2 Å². The highest BCUT2D eigenvalue weighted by atomic mass is 16.5. The highest BCUT2D eigenvalue weighted by Gasteiger charge is 2.08. The molecule has 0 atom stereocenters. The molecular weight excluding hydrogens is 272 g/mol. The summed E-state index contributed by atoms with van der Waals surface area (Å²) >= 11 is 0. The minimum Gasteiger partial charge on any atom is -0.467 e. The number of anilines is 2. The van der Waals surface area contributed by atoms with Gasteiger partial charge in [-0.1, -0.05) is 6.92 Å². The van der Waals surface area contributed by atoms with Crippen molar-refractivity contribution in [2.45, 2.75) is 33.4 Å². The standard InChI is InChI=1S/C12H20N8O/c1-4-6-13-10-16-11(18-12(17-10)21-3)14-7-9-19-15-8-20(9)5-2/h8H,4-7H2,1-3H3,(H2,13,14,16,17,18). The maximum absolute atomic E-state index is 5.08. The van der Waals surface area contributed by atoms with Crippen LogP contribution in [0.4, 0.5) is 11.9 Å². The molecule has 2 heterocycles. The van der Waals surface area contributed by atoms with Crippen LogP contribution >= 0.6 is 0 Å². The molecule has 114 valence electrons. The first kappa shape index (κ1) is 14.9. The Hall–Kier alpha value is -2.45. The Kier molecular flexibility index (Phi) is 5.24. The molecule has 21 heavy (non-hydrogen) atoms. The predicted octanol–water partition coefficient (Wildman–Crippen LogP) is 0.926. The van der Waals surface area contributed by atoms with Crippen LogP contribution in [0, 0.1) is 0 Å². The van der Waals surface area contributed by atoms with Crippen LogP contribution in [0.5, 0.6) is 6.01 Å². The van der Waals surface area contributed by atoms with Crippen LogP contribution in [-0.4, -0.2) is 43.4 Å². The zero-order chi connectivity index (χ0) is 15.1. The van der Waals surface area contributed by atoms with E-state index in [4.69, 9.17) is 4.74 Å². The third-order valence-corrected chi connectivity index (χ3v) is 2.77. The molecule has 0 saturated heterocycles. The number of aromatic nitrogens is 6. The Morgan fingerprint density at radius 1 is 1.14 bits per heavy atom.